The molecule has 1 unspecified atom stereocenters. The number of amides is 1. The summed E-state index contributed by atoms with van der Waals surface area (Å²) in [4.78, 5) is 27.8. The molecule has 1 saturated heterocycles. The average Bonchev–Trinajstić information content (AvgIpc) is 3.13. The summed E-state index contributed by atoms with van der Waals surface area (Å²) in [6.45, 7) is 0. The molecule has 1 N–H and O–H groups in total. The van der Waals surface area contributed by atoms with Crippen LogP contribution >= 0.6 is 11.6 Å². The van der Waals surface area contributed by atoms with Crippen molar-refractivity contribution in [1.82, 2.24) is 0 Å². The Hall–Kier alpha value is -4.28. The van der Waals surface area contributed by atoms with Gasteiger partial charge in [0.2, 0.25) is 0 Å². The SMILES string of the molecule is COc1ccc(/C(O)=C2\C(=O)C(=O)N(c3ccc(C#N)cc3)C2c2ccccc2OC)cc1Cl. The number of halogens is 1. The summed E-state index contributed by atoms with van der Waals surface area (Å²) in [6.07, 6.45) is 0. The molecule has 0 saturated carbocycles. The van der Waals surface area contributed by atoms with E-state index in [9.17, 15) is 14.7 Å². The fraction of sp³-hybridized carbons (Fsp3) is 0.115. The van der Waals surface area contributed by atoms with Crippen LogP contribution in [0.3, 0.4) is 0 Å². The summed E-state index contributed by atoms with van der Waals surface area (Å²) < 4.78 is 10.7. The van der Waals surface area contributed by atoms with Crippen molar-refractivity contribution in [1.29, 1.82) is 5.26 Å². The van der Waals surface area contributed by atoms with Crippen molar-refractivity contribution in [3.05, 3.63) is 94.0 Å². The fourth-order valence-electron chi connectivity index (χ4n) is 3.95. The highest BCUT2D eigenvalue weighted by Crippen LogP contribution is 2.45. The molecule has 34 heavy (non-hydrogen) atoms. The van der Waals surface area contributed by atoms with E-state index in [0.717, 1.165) is 0 Å². The second-order valence-electron chi connectivity index (χ2n) is 7.42. The number of rotatable bonds is 5. The topological polar surface area (TPSA) is 99.9 Å². The van der Waals surface area contributed by atoms with Gasteiger partial charge in [-0.05, 0) is 48.5 Å². The molecular weight excluding hydrogens is 456 g/mol. The van der Waals surface area contributed by atoms with E-state index in [0.29, 0.717) is 28.3 Å². The molecule has 1 fully saturated rings. The molecule has 3 aromatic carbocycles. The maximum absolute atomic E-state index is 13.3. The Morgan fingerprint density at radius 3 is 2.29 bits per heavy atom. The second kappa shape index (κ2) is 9.30. The minimum Gasteiger partial charge on any atom is -0.507 e. The molecule has 4 rings (SSSR count). The normalized spacial score (nSPS) is 16.9. The lowest BCUT2D eigenvalue weighted by Crippen LogP contribution is -2.29. The van der Waals surface area contributed by atoms with E-state index in [1.54, 1.807) is 60.7 Å². The van der Waals surface area contributed by atoms with Crippen molar-refractivity contribution in [2.75, 3.05) is 19.1 Å². The van der Waals surface area contributed by atoms with Gasteiger partial charge >= 0.3 is 0 Å². The summed E-state index contributed by atoms with van der Waals surface area (Å²) in [5.41, 5.74) is 1.45. The molecular formula is C26H19ClN2O5. The largest absolute Gasteiger partial charge is 0.507 e. The Bertz CT molecular complexity index is 1360. The van der Waals surface area contributed by atoms with Gasteiger partial charge in [0.1, 0.15) is 17.3 Å². The first-order valence-corrected chi connectivity index (χ1v) is 10.6. The number of para-hydroxylation sites is 1. The number of Topliss-reactive ketones (excluding diaryl/α,β-unsaturated/α-hetero) is 1. The number of ketones is 1. The van der Waals surface area contributed by atoms with Crippen LogP contribution in [0, 0.1) is 11.3 Å². The molecule has 0 aromatic heterocycles. The van der Waals surface area contributed by atoms with Crippen molar-refractivity contribution in [2.45, 2.75) is 6.04 Å². The first-order valence-electron chi connectivity index (χ1n) is 10.2. The number of nitrogens with zero attached hydrogens (tertiary/aromatic N) is 2. The van der Waals surface area contributed by atoms with Gasteiger partial charge in [0, 0.05) is 16.8 Å². The van der Waals surface area contributed by atoms with E-state index in [2.05, 4.69) is 0 Å². The first-order chi connectivity index (χ1) is 16.4. The predicted molar refractivity (Wildman–Crippen MR) is 127 cm³/mol. The Morgan fingerprint density at radius 1 is 1.00 bits per heavy atom. The summed E-state index contributed by atoms with van der Waals surface area (Å²) >= 11 is 6.23. The Labute approximate surface area is 201 Å². The van der Waals surface area contributed by atoms with Gasteiger partial charge in [-0.1, -0.05) is 29.8 Å². The summed E-state index contributed by atoms with van der Waals surface area (Å²) in [7, 11) is 2.95. The van der Waals surface area contributed by atoms with Gasteiger partial charge in [-0.2, -0.15) is 5.26 Å². The lowest BCUT2D eigenvalue weighted by molar-refractivity contribution is -0.132. The van der Waals surface area contributed by atoms with Crippen LogP contribution in [0.4, 0.5) is 5.69 Å². The van der Waals surface area contributed by atoms with Crippen LogP contribution in [-0.2, 0) is 9.59 Å². The van der Waals surface area contributed by atoms with Crippen LogP contribution in [-0.4, -0.2) is 31.0 Å². The maximum Gasteiger partial charge on any atom is 0.300 e. The molecule has 1 amide bonds. The number of carbonyl (C=O) groups is 2. The van der Waals surface area contributed by atoms with Crippen molar-refractivity contribution in [3.63, 3.8) is 0 Å². The molecule has 3 aromatic rings. The molecule has 0 bridgehead atoms. The van der Waals surface area contributed by atoms with Crippen molar-refractivity contribution < 1.29 is 24.2 Å². The van der Waals surface area contributed by atoms with Gasteiger partial charge in [-0.3, -0.25) is 14.5 Å². The smallest absolute Gasteiger partial charge is 0.300 e. The number of carbonyl (C=O) groups excluding carboxylic acids is 2. The Kier molecular flexibility index (Phi) is 6.26. The summed E-state index contributed by atoms with van der Waals surface area (Å²) in [5, 5.41) is 20.6. The quantitative estimate of drug-likeness (QED) is 0.322. The second-order valence-corrected chi connectivity index (χ2v) is 7.83. The standard InChI is InChI=1S/C26H19ClN2O5/c1-33-20-6-4-3-5-18(20)23-22(24(30)16-9-12-21(34-2)19(27)13-16)25(31)26(32)29(23)17-10-7-15(14-28)8-11-17/h3-13,23,30H,1-2H3/b24-22+. The van der Waals surface area contributed by atoms with Gasteiger partial charge in [0.15, 0.2) is 0 Å². The molecule has 1 aliphatic rings. The van der Waals surface area contributed by atoms with Crippen LogP contribution in [0.1, 0.15) is 22.7 Å². The molecule has 1 heterocycles. The zero-order chi connectivity index (χ0) is 24.4. The zero-order valence-corrected chi connectivity index (χ0v) is 19.0. The zero-order valence-electron chi connectivity index (χ0n) is 18.3. The third-order valence-electron chi connectivity index (χ3n) is 5.58. The predicted octanol–water partition coefficient (Wildman–Crippen LogP) is 4.86. The highest BCUT2D eigenvalue weighted by Gasteiger charge is 2.47. The molecule has 170 valence electrons. The highest BCUT2D eigenvalue weighted by molar-refractivity contribution is 6.51. The number of aliphatic hydroxyl groups excluding tert-OH is 1. The van der Waals surface area contributed by atoms with E-state index in [1.165, 1.54) is 25.2 Å². The van der Waals surface area contributed by atoms with E-state index in [1.807, 2.05) is 6.07 Å². The van der Waals surface area contributed by atoms with E-state index in [4.69, 9.17) is 26.3 Å². The van der Waals surface area contributed by atoms with Crippen molar-refractivity contribution in [2.24, 2.45) is 0 Å². The molecule has 7 nitrogen and oxygen atoms in total. The van der Waals surface area contributed by atoms with Crippen molar-refractivity contribution in [3.8, 4) is 17.6 Å². The van der Waals surface area contributed by atoms with Gasteiger partial charge in [0.25, 0.3) is 11.7 Å². The number of ether oxygens (including phenoxy) is 2. The number of anilines is 1. The van der Waals surface area contributed by atoms with E-state index < -0.39 is 17.7 Å². The van der Waals surface area contributed by atoms with Crippen LogP contribution in [0.15, 0.2) is 72.3 Å². The number of nitriles is 1. The maximum atomic E-state index is 13.3. The lowest BCUT2D eigenvalue weighted by Gasteiger charge is -2.26. The Balaban J connectivity index is 1.96. The van der Waals surface area contributed by atoms with Crippen LogP contribution in [0.2, 0.25) is 5.02 Å². The monoisotopic (exact) mass is 474 g/mol. The summed E-state index contributed by atoms with van der Waals surface area (Å²) in [5.74, 6) is -1.22. The molecule has 1 aliphatic heterocycles. The third-order valence-corrected chi connectivity index (χ3v) is 5.87. The van der Waals surface area contributed by atoms with E-state index in [-0.39, 0.29) is 21.9 Å². The van der Waals surface area contributed by atoms with Crippen LogP contribution < -0.4 is 14.4 Å². The molecule has 0 radical (unpaired) electrons. The van der Waals surface area contributed by atoms with Gasteiger partial charge in [-0.15, -0.1) is 0 Å². The Morgan fingerprint density at radius 2 is 1.68 bits per heavy atom. The van der Waals surface area contributed by atoms with Crippen LogP contribution in [0.5, 0.6) is 11.5 Å². The van der Waals surface area contributed by atoms with Gasteiger partial charge < -0.3 is 14.6 Å². The molecule has 8 heteroatoms. The molecule has 0 spiro atoms. The molecule has 0 aliphatic carbocycles. The molecule has 1 atom stereocenters. The van der Waals surface area contributed by atoms with E-state index >= 15 is 0 Å². The van der Waals surface area contributed by atoms with Gasteiger partial charge in [0.05, 0.1) is 42.5 Å². The highest BCUT2D eigenvalue weighted by atomic mass is 35.5. The minimum absolute atomic E-state index is 0.111. The number of aliphatic hydroxyl groups is 1. The third kappa shape index (κ3) is 3.85. The number of methoxy groups -OCH3 is 2. The fourth-order valence-corrected chi connectivity index (χ4v) is 4.21. The summed E-state index contributed by atoms with van der Waals surface area (Å²) in [6, 6.07) is 18.8. The van der Waals surface area contributed by atoms with Crippen LogP contribution in [0.25, 0.3) is 5.76 Å². The van der Waals surface area contributed by atoms with Gasteiger partial charge in [-0.25, -0.2) is 0 Å². The average molecular weight is 475 g/mol. The number of hydrogen-bond donors (Lipinski definition) is 1. The number of benzene rings is 3. The number of hydrogen-bond acceptors (Lipinski definition) is 6. The lowest BCUT2D eigenvalue weighted by atomic mass is 9.94. The minimum atomic E-state index is -0.982. The first kappa shape index (κ1) is 22.9. The van der Waals surface area contributed by atoms with Crippen molar-refractivity contribution >= 4 is 34.7 Å².